The zero-order valence-corrected chi connectivity index (χ0v) is 22.4. The van der Waals surface area contributed by atoms with Gasteiger partial charge in [-0.1, -0.05) is 45.0 Å². The topological polar surface area (TPSA) is 115 Å². The molecule has 9 heteroatoms. The molecule has 2 N–H and O–H groups in total. The van der Waals surface area contributed by atoms with Gasteiger partial charge in [0.15, 0.2) is 5.82 Å². The van der Waals surface area contributed by atoms with Crippen LogP contribution in [0.15, 0.2) is 45.9 Å². The first-order valence-corrected chi connectivity index (χ1v) is 13.8. The normalized spacial score (nSPS) is 16.9. The summed E-state index contributed by atoms with van der Waals surface area (Å²) in [5, 5.41) is 13.7. The molecule has 1 unspecified atom stereocenters. The van der Waals surface area contributed by atoms with E-state index < -0.39 is 15.4 Å². The molecule has 36 heavy (non-hydrogen) atoms. The molecule has 0 saturated carbocycles. The Morgan fingerprint density at radius 2 is 2.00 bits per heavy atom. The average molecular weight is 514 g/mol. The number of aromatic nitrogens is 2. The fourth-order valence-corrected chi connectivity index (χ4v) is 5.91. The Morgan fingerprint density at radius 3 is 2.64 bits per heavy atom. The molecule has 0 radical (unpaired) electrons. The molecule has 8 nitrogen and oxygen atoms in total. The average Bonchev–Trinajstić information content (AvgIpc) is 3.26. The zero-order valence-electron chi connectivity index (χ0n) is 21.5. The van der Waals surface area contributed by atoms with Crippen molar-refractivity contribution in [2.24, 2.45) is 5.92 Å². The maximum atomic E-state index is 13.2. The number of rotatable bonds is 8. The van der Waals surface area contributed by atoms with Crippen LogP contribution in [0.4, 0.5) is 5.82 Å². The van der Waals surface area contributed by atoms with E-state index >= 15 is 0 Å². The van der Waals surface area contributed by atoms with Crippen molar-refractivity contribution in [2.45, 2.75) is 76.7 Å². The van der Waals surface area contributed by atoms with Gasteiger partial charge in [-0.2, -0.15) is 0 Å². The minimum atomic E-state index is -3.92. The molecule has 1 aliphatic rings. The summed E-state index contributed by atoms with van der Waals surface area (Å²) >= 11 is 0. The van der Waals surface area contributed by atoms with Crippen molar-refractivity contribution in [3.63, 3.8) is 0 Å². The first-order chi connectivity index (χ1) is 17.0. The van der Waals surface area contributed by atoms with Crippen molar-refractivity contribution < 1.29 is 22.8 Å². The second-order valence-corrected chi connectivity index (χ2v) is 12.1. The van der Waals surface area contributed by atoms with Crippen LogP contribution in [0.2, 0.25) is 0 Å². The molecule has 0 fully saturated rings. The van der Waals surface area contributed by atoms with E-state index in [-0.39, 0.29) is 23.2 Å². The molecule has 0 aliphatic heterocycles. The molecule has 194 valence electrons. The predicted octanol–water partition coefficient (Wildman–Crippen LogP) is 4.97. The SMILES string of the molecule is CCOc1ccc([C@@H](C)C2CCc3ccc(S(=O)(=O)Nc4noc(C(C)(C)C)c4CO)cc3C2)cn1. The largest absolute Gasteiger partial charge is 0.478 e. The van der Waals surface area contributed by atoms with Crippen molar-refractivity contribution in [1.82, 2.24) is 10.1 Å². The highest BCUT2D eigenvalue weighted by molar-refractivity contribution is 7.92. The van der Waals surface area contributed by atoms with Gasteiger partial charge in [-0.3, -0.25) is 4.72 Å². The third kappa shape index (κ3) is 5.42. The molecular formula is C27H35N3O5S. The molecule has 1 aliphatic carbocycles. The van der Waals surface area contributed by atoms with E-state index in [1.54, 1.807) is 12.1 Å². The second kappa shape index (κ2) is 10.2. The number of hydrogen-bond donors (Lipinski definition) is 2. The summed E-state index contributed by atoms with van der Waals surface area (Å²) < 4.78 is 39.8. The summed E-state index contributed by atoms with van der Waals surface area (Å²) in [5.74, 6) is 1.74. The number of ether oxygens (including phenoxy) is 1. The number of aliphatic hydroxyl groups is 1. The van der Waals surface area contributed by atoms with Gasteiger partial charge < -0.3 is 14.4 Å². The fourth-order valence-electron chi connectivity index (χ4n) is 4.83. The summed E-state index contributed by atoms with van der Waals surface area (Å²) in [4.78, 5) is 4.57. The number of benzene rings is 1. The van der Waals surface area contributed by atoms with E-state index in [0.29, 0.717) is 29.7 Å². The van der Waals surface area contributed by atoms with Gasteiger partial charge in [-0.15, -0.1) is 0 Å². The smallest absolute Gasteiger partial charge is 0.263 e. The molecular weight excluding hydrogens is 478 g/mol. The molecule has 2 atom stereocenters. The first kappa shape index (κ1) is 26.2. The van der Waals surface area contributed by atoms with E-state index in [0.717, 1.165) is 30.4 Å². The predicted molar refractivity (Wildman–Crippen MR) is 138 cm³/mol. The van der Waals surface area contributed by atoms with Crippen LogP contribution in [0.3, 0.4) is 0 Å². The van der Waals surface area contributed by atoms with Gasteiger partial charge in [-0.05, 0) is 66.8 Å². The van der Waals surface area contributed by atoms with Gasteiger partial charge in [0.05, 0.1) is 23.7 Å². The fraction of sp³-hybridized carbons (Fsp3) is 0.481. The van der Waals surface area contributed by atoms with Crippen molar-refractivity contribution >= 4 is 15.8 Å². The van der Waals surface area contributed by atoms with Gasteiger partial charge >= 0.3 is 0 Å². The van der Waals surface area contributed by atoms with Crippen LogP contribution in [0.5, 0.6) is 5.88 Å². The van der Waals surface area contributed by atoms with Crippen LogP contribution in [0, 0.1) is 5.92 Å². The van der Waals surface area contributed by atoms with E-state index in [4.69, 9.17) is 9.26 Å². The Bertz CT molecular complexity index is 1310. The quantitative estimate of drug-likeness (QED) is 0.437. The summed E-state index contributed by atoms with van der Waals surface area (Å²) in [5.41, 5.74) is 3.29. The van der Waals surface area contributed by atoms with Gasteiger partial charge in [0.1, 0.15) is 5.76 Å². The van der Waals surface area contributed by atoms with Crippen molar-refractivity contribution in [3.8, 4) is 5.88 Å². The highest BCUT2D eigenvalue weighted by atomic mass is 32.2. The third-order valence-electron chi connectivity index (χ3n) is 6.90. The lowest BCUT2D eigenvalue weighted by atomic mass is 9.75. The Kier molecular flexibility index (Phi) is 7.43. The van der Waals surface area contributed by atoms with Crippen LogP contribution in [0.1, 0.15) is 75.0 Å². The van der Waals surface area contributed by atoms with Crippen LogP contribution >= 0.6 is 0 Å². The number of fused-ring (bicyclic) bond motifs is 1. The lowest BCUT2D eigenvalue weighted by Crippen LogP contribution is -2.21. The molecule has 0 amide bonds. The molecule has 0 bridgehead atoms. The Morgan fingerprint density at radius 1 is 1.22 bits per heavy atom. The van der Waals surface area contributed by atoms with Gasteiger partial charge in [0, 0.05) is 17.7 Å². The maximum absolute atomic E-state index is 13.2. The second-order valence-electron chi connectivity index (χ2n) is 10.4. The van der Waals surface area contributed by atoms with Gasteiger partial charge in [-0.25, -0.2) is 13.4 Å². The van der Waals surface area contributed by atoms with Gasteiger partial charge in [0.25, 0.3) is 10.0 Å². The van der Waals surface area contributed by atoms with E-state index in [1.165, 1.54) is 5.56 Å². The summed E-state index contributed by atoms with van der Waals surface area (Å²) in [6.07, 6.45) is 4.58. The number of pyridine rings is 1. The van der Waals surface area contributed by atoms with Gasteiger partial charge in [0.2, 0.25) is 5.88 Å². The first-order valence-electron chi connectivity index (χ1n) is 12.4. The third-order valence-corrected chi connectivity index (χ3v) is 8.23. The Balaban J connectivity index is 1.54. The number of nitrogens with one attached hydrogen (secondary N) is 1. The minimum Gasteiger partial charge on any atom is -0.478 e. The zero-order chi connectivity index (χ0) is 26.1. The van der Waals surface area contributed by atoms with E-state index in [9.17, 15) is 13.5 Å². The number of hydrogen-bond acceptors (Lipinski definition) is 7. The number of sulfonamides is 1. The van der Waals surface area contributed by atoms with Crippen LogP contribution in [-0.4, -0.2) is 30.3 Å². The molecule has 2 aromatic heterocycles. The molecule has 0 spiro atoms. The van der Waals surface area contributed by atoms with Crippen molar-refractivity contribution in [2.75, 3.05) is 11.3 Å². The highest BCUT2D eigenvalue weighted by Gasteiger charge is 2.30. The number of nitrogens with zero attached hydrogens (tertiary/aromatic N) is 2. The molecule has 1 aromatic carbocycles. The molecule has 3 aromatic rings. The Hall–Kier alpha value is -2.91. The van der Waals surface area contributed by atoms with E-state index in [2.05, 4.69) is 27.9 Å². The lowest BCUT2D eigenvalue weighted by Gasteiger charge is -2.30. The number of anilines is 1. The number of aliphatic hydroxyl groups excluding tert-OH is 1. The van der Waals surface area contributed by atoms with Crippen molar-refractivity contribution in [3.05, 3.63) is 64.5 Å². The Labute approximate surface area is 213 Å². The molecule has 2 heterocycles. The number of aryl methyl sites for hydroxylation is 1. The van der Waals surface area contributed by atoms with Crippen LogP contribution in [-0.2, 0) is 34.9 Å². The summed E-state index contributed by atoms with van der Waals surface area (Å²) in [6, 6.07) is 9.25. The minimum absolute atomic E-state index is 0.0228. The highest BCUT2D eigenvalue weighted by Crippen LogP contribution is 2.37. The van der Waals surface area contributed by atoms with Crippen LogP contribution in [0.25, 0.3) is 0 Å². The summed E-state index contributed by atoms with van der Waals surface area (Å²) in [7, 11) is -3.92. The lowest BCUT2D eigenvalue weighted by molar-refractivity contribution is 0.268. The van der Waals surface area contributed by atoms with Crippen molar-refractivity contribution in [1.29, 1.82) is 0 Å². The van der Waals surface area contributed by atoms with Crippen LogP contribution < -0.4 is 9.46 Å². The standard InChI is InChI=1S/C27H35N3O5S/c1-6-34-24-12-10-20(15-28-24)17(2)19-8-7-18-9-11-22(14-21(18)13-19)36(32,33)30-26-23(16-31)25(35-29-26)27(3,4)5/h9-12,14-15,17,19,31H,6-8,13,16H2,1-5H3,(H,29,30)/t17-,19?/m0/s1. The molecule has 0 saturated heterocycles. The van der Waals surface area contributed by atoms with E-state index in [1.807, 2.05) is 46.0 Å². The monoisotopic (exact) mass is 513 g/mol. The molecule has 4 rings (SSSR count). The maximum Gasteiger partial charge on any atom is 0.263 e. The summed E-state index contributed by atoms with van der Waals surface area (Å²) in [6.45, 7) is 10.1.